The average molecular weight is 154 g/mol. The second-order valence-corrected chi connectivity index (χ2v) is 3.19. The minimum absolute atomic E-state index is 0.217. The molecule has 0 spiro atoms. The summed E-state index contributed by atoms with van der Waals surface area (Å²) in [4.78, 5) is 0. The van der Waals surface area contributed by atoms with Crippen LogP contribution in [0, 0.1) is 0 Å². The number of ether oxygens (including phenoxy) is 1. The van der Waals surface area contributed by atoms with Crippen LogP contribution in [0.2, 0.25) is 0 Å². The van der Waals surface area contributed by atoms with Crippen molar-refractivity contribution in [3.63, 3.8) is 0 Å². The van der Waals surface area contributed by atoms with Gasteiger partial charge in [-0.25, -0.2) is 0 Å². The van der Waals surface area contributed by atoms with Crippen LogP contribution in [0.5, 0.6) is 0 Å². The smallest absolute Gasteiger partial charge is 0.124 e. The highest BCUT2D eigenvalue weighted by atomic mass is 16.5. The molecule has 2 saturated heterocycles. The molecule has 2 aliphatic rings. The first-order valence-corrected chi connectivity index (χ1v) is 4.11. The molecule has 0 aromatic heterocycles. The Morgan fingerprint density at radius 3 is 2.91 bits per heavy atom. The highest BCUT2D eigenvalue weighted by Gasteiger charge is 2.28. The average Bonchev–Trinajstić information content (AvgIpc) is 2.55. The summed E-state index contributed by atoms with van der Waals surface area (Å²) in [5.41, 5.74) is 1.28. The van der Waals surface area contributed by atoms with E-state index in [-0.39, 0.29) is 6.23 Å². The van der Waals surface area contributed by atoms with Crippen molar-refractivity contribution in [2.45, 2.75) is 18.7 Å². The SMILES string of the molecule is C=C1CN[C@H](C2NCCO2)C1. The monoisotopic (exact) mass is 154 g/mol. The molecule has 11 heavy (non-hydrogen) atoms. The third kappa shape index (κ3) is 1.45. The van der Waals surface area contributed by atoms with Crippen LogP contribution in [0.4, 0.5) is 0 Å². The van der Waals surface area contributed by atoms with Gasteiger partial charge in [0, 0.05) is 13.1 Å². The molecule has 0 aromatic rings. The lowest BCUT2D eigenvalue weighted by Gasteiger charge is -2.17. The van der Waals surface area contributed by atoms with E-state index in [9.17, 15) is 0 Å². The number of hydrogen-bond acceptors (Lipinski definition) is 3. The van der Waals surface area contributed by atoms with Crippen molar-refractivity contribution in [2.24, 2.45) is 0 Å². The zero-order chi connectivity index (χ0) is 7.68. The van der Waals surface area contributed by atoms with E-state index in [1.165, 1.54) is 5.57 Å². The Balaban J connectivity index is 1.90. The van der Waals surface area contributed by atoms with Crippen molar-refractivity contribution in [1.29, 1.82) is 0 Å². The predicted octanol–water partition coefficient (Wildman–Crippen LogP) is -0.150. The second-order valence-electron chi connectivity index (χ2n) is 3.19. The van der Waals surface area contributed by atoms with Gasteiger partial charge >= 0.3 is 0 Å². The fraction of sp³-hybridized carbons (Fsp3) is 0.750. The summed E-state index contributed by atoms with van der Waals surface area (Å²) in [7, 11) is 0. The van der Waals surface area contributed by atoms with Gasteiger partial charge in [-0.2, -0.15) is 0 Å². The Labute approximate surface area is 66.8 Å². The van der Waals surface area contributed by atoms with Gasteiger partial charge in [0.1, 0.15) is 6.23 Å². The predicted molar refractivity (Wildman–Crippen MR) is 43.3 cm³/mol. The van der Waals surface area contributed by atoms with Crippen LogP contribution < -0.4 is 10.6 Å². The maximum Gasteiger partial charge on any atom is 0.124 e. The van der Waals surface area contributed by atoms with Crippen LogP contribution in [-0.4, -0.2) is 32.0 Å². The van der Waals surface area contributed by atoms with Crippen molar-refractivity contribution >= 4 is 0 Å². The molecule has 0 saturated carbocycles. The Hall–Kier alpha value is -0.380. The van der Waals surface area contributed by atoms with E-state index in [0.29, 0.717) is 6.04 Å². The third-order valence-corrected chi connectivity index (χ3v) is 2.23. The first-order chi connectivity index (χ1) is 5.36. The van der Waals surface area contributed by atoms with Crippen LogP contribution in [0.3, 0.4) is 0 Å². The second kappa shape index (κ2) is 2.93. The summed E-state index contributed by atoms with van der Waals surface area (Å²) >= 11 is 0. The van der Waals surface area contributed by atoms with Crippen molar-refractivity contribution in [3.8, 4) is 0 Å². The largest absolute Gasteiger partial charge is 0.360 e. The van der Waals surface area contributed by atoms with Crippen LogP contribution in [-0.2, 0) is 4.74 Å². The third-order valence-electron chi connectivity index (χ3n) is 2.23. The quantitative estimate of drug-likeness (QED) is 0.515. The lowest BCUT2D eigenvalue weighted by Crippen LogP contribution is -2.41. The number of nitrogens with one attached hydrogen (secondary N) is 2. The normalized spacial score (nSPS) is 38.4. The molecule has 3 heteroatoms. The molecule has 3 nitrogen and oxygen atoms in total. The fourth-order valence-electron chi connectivity index (χ4n) is 1.65. The summed E-state index contributed by atoms with van der Waals surface area (Å²) in [6.45, 7) is 6.70. The molecule has 1 unspecified atom stereocenters. The first kappa shape index (κ1) is 7.28. The molecule has 0 radical (unpaired) electrons. The minimum atomic E-state index is 0.217. The van der Waals surface area contributed by atoms with E-state index in [0.717, 1.165) is 26.1 Å². The fourth-order valence-corrected chi connectivity index (χ4v) is 1.65. The van der Waals surface area contributed by atoms with Crippen LogP contribution >= 0.6 is 0 Å². The van der Waals surface area contributed by atoms with E-state index in [1.807, 2.05) is 0 Å². The molecule has 0 amide bonds. The molecular formula is C8H14N2O. The summed E-state index contributed by atoms with van der Waals surface area (Å²) in [5, 5.41) is 6.65. The van der Waals surface area contributed by atoms with Gasteiger partial charge < -0.3 is 10.1 Å². The molecule has 2 N–H and O–H groups in total. The zero-order valence-electron chi connectivity index (χ0n) is 6.60. The highest BCUT2D eigenvalue weighted by molar-refractivity contribution is 5.08. The Morgan fingerprint density at radius 2 is 2.36 bits per heavy atom. The summed E-state index contributed by atoms with van der Waals surface area (Å²) in [6.07, 6.45) is 1.27. The van der Waals surface area contributed by atoms with Crippen LogP contribution in [0.25, 0.3) is 0 Å². The Morgan fingerprint density at radius 1 is 1.45 bits per heavy atom. The molecule has 2 fully saturated rings. The number of rotatable bonds is 1. The minimum Gasteiger partial charge on any atom is -0.360 e. The van der Waals surface area contributed by atoms with Crippen LogP contribution in [0.15, 0.2) is 12.2 Å². The van der Waals surface area contributed by atoms with E-state index < -0.39 is 0 Å². The van der Waals surface area contributed by atoms with E-state index in [1.54, 1.807) is 0 Å². The molecule has 2 aliphatic heterocycles. The van der Waals surface area contributed by atoms with E-state index >= 15 is 0 Å². The van der Waals surface area contributed by atoms with Crippen molar-refractivity contribution in [3.05, 3.63) is 12.2 Å². The van der Waals surface area contributed by atoms with Gasteiger partial charge in [0.05, 0.1) is 12.6 Å². The maximum atomic E-state index is 5.47. The van der Waals surface area contributed by atoms with Crippen LogP contribution in [0.1, 0.15) is 6.42 Å². The summed E-state index contributed by atoms with van der Waals surface area (Å²) in [5.74, 6) is 0. The molecule has 0 bridgehead atoms. The standard InChI is InChI=1S/C8H14N2O/c1-6-4-7(10-5-6)8-9-2-3-11-8/h7-10H,1-5H2/t7-,8?/m0/s1. The molecule has 0 aromatic carbocycles. The van der Waals surface area contributed by atoms with E-state index in [4.69, 9.17) is 4.74 Å². The molecular weight excluding hydrogens is 140 g/mol. The van der Waals surface area contributed by atoms with Gasteiger partial charge in [-0.15, -0.1) is 0 Å². The number of hydrogen-bond donors (Lipinski definition) is 2. The van der Waals surface area contributed by atoms with Crippen molar-refractivity contribution < 1.29 is 4.74 Å². The topological polar surface area (TPSA) is 33.3 Å². The van der Waals surface area contributed by atoms with Gasteiger partial charge in [0.2, 0.25) is 0 Å². The lowest BCUT2D eigenvalue weighted by atomic mass is 10.1. The van der Waals surface area contributed by atoms with Gasteiger partial charge in [-0.3, -0.25) is 5.32 Å². The Kier molecular flexibility index (Phi) is 1.94. The van der Waals surface area contributed by atoms with Crippen molar-refractivity contribution in [1.82, 2.24) is 10.6 Å². The molecule has 2 heterocycles. The van der Waals surface area contributed by atoms with Gasteiger partial charge in [0.25, 0.3) is 0 Å². The highest BCUT2D eigenvalue weighted by Crippen LogP contribution is 2.15. The first-order valence-electron chi connectivity index (χ1n) is 4.11. The lowest BCUT2D eigenvalue weighted by molar-refractivity contribution is 0.0746. The summed E-state index contributed by atoms with van der Waals surface area (Å²) < 4.78 is 5.47. The van der Waals surface area contributed by atoms with Gasteiger partial charge in [0.15, 0.2) is 0 Å². The zero-order valence-corrected chi connectivity index (χ0v) is 6.60. The molecule has 62 valence electrons. The molecule has 2 rings (SSSR count). The van der Waals surface area contributed by atoms with Crippen molar-refractivity contribution in [2.75, 3.05) is 19.7 Å². The van der Waals surface area contributed by atoms with E-state index in [2.05, 4.69) is 17.2 Å². The summed E-state index contributed by atoms with van der Waals surface area (Å²) in [6, 6.07) is 0.449. The molecule has 0 aliphatic carbocycles. The van der Waals surface area contributed by atoms with Gasteiger partial charge in [-0.1, -0.05) is 12.2 Å². The van der Waals surface area contributed by atoms with Gasteiger partial charge in [-0.05, 0) is 6.42 Å². The maximum absolute atomic E-state index is 5.47. The molecule has 2 atom stereocenters. The Bertz CT molecular complexity index is 163.